The molecule has 6 nitrogen and oxygen atoms in total. The number of aromatic amines is 1. The van der Waals surface area contributed by atoms with Crippen molar-refractivity contribution in [2.75, 3.05) is 13.1 Å². The third-order valence-corrected chi connectivity index (χ3v) is 5.67. The molecule has 0 saturated carbocycles. The van der Waals surface area contributed by atoms with E-state index in [0.29, 0.717) is 0 Å². The number of furan rings is 1. The Labute approximate surface area is 156 Å². The van der Waals surface area contributed by atoms with Crippen molar-refractivity contribution in [3.63, 3.8) is 0 Å². The molecule has 27 heavy (non-hydrogen) atoms. The molecular weight excluding hydrogens is 345 g/mol. The maximum absolute atomic E-state index is 13.4. The topological polar surface area (TPSA) is 69.1 Å². The van der Waals surface area contributed by atoms with Gasteiger partial charge in [0.15, 0.2) is 0 Å². The van der Waals surface area contributed by atoms with Gasteiger partial charge in [0, 0.05) is 31.1 Å². The SMILES string of the molecule is Fc1ccc(C2NNCC2C2c3nc[nH]c3CCN2Cc2ccco2)cc1. The third-order valence-electron chi connectivity index (χ3n) is 5.67. The highest BCUT2D eigenvalue weighted by Crippen LogP contribution is 2.41. The minimum atomic E-state index is -0.215. The molecule has 1 aromatic carbocycles. The van der Waals surface area contributed by atoms with Gasteiger partial charge in [0.2, 0.25) is 0 Å². The number of imidazole rings is 1. The van der Waals surface area contributed by atoms with Gasteiger partial charge in [-0.3, -0.25) is 10.3 Å². The number of hydrazine groups is 1. The molecule has 0 aliphatic carbocycles. The summed E-state index contributed by atoms with van der Waals surface area (Å²) in [5.41, 5.74) is 10.1. The van der Waals surface area contributed by atoms with E-state index in [1.807, 2.05) is 24.3 Å². The van der Waals surface area contributed by atoms with Crippen molar-refractivity contribution < 1.29 is 8.81 Å². The Kier molecular flexibility index (Phi) is 4.27. The Balaban J connectivity index is 1.49. The number of H-pyrrole nitrogens is 1. The molecule has 5 rings (SSSR count). The molecule has 3 N–H and O–H groups in total. The quantitative estimate of drug-likeness (QED) is 0.662. The lowest BCUT2D eigenvalue weighted by atomic mass is 9.83. The van der Waals surface area contributed by atoms with Gasteiger partial charge >= 0.3 is 0 Å². The van der Waals surface area contributed by atoms with Crippen LogP contribution in [0.4, 0.5) is 4.39 Å². The maximum Gasteiger partial charge on any atom is 0.123 e. The molecule has 0 bridgehead atoms. The van der Waals surface area contributed by atoms with Gasteiger partial charge in [-0.2, -0.15) is 0 Å². The molecule has 140 valence electrons. The molecule has 2 aliphatic rings. The molecule has 1 saturated heterocycles. The van der Waals surface area contributed by atoms with Gasteiger partial charge in [0.25, 0.3) is 0 Å². The molecule has 0 amide bonds. The van der Waals surface area contributed by atoms with Gasteiger partial charge in [-0.05, 0) is 29.8 Å². The summed E-state index contributed by atoms with van der Waals surface area (Å²) in [6.45, 7) is 2.50. The molecule has 2 aromatic heterocycles. The number of nitrogens with one attached hydrogen (secondary N) is 3. The summed E-state index contributed by atoms with van der Waals surface area (Å²) < 4.78 is 19.0. The summed E-state index contributed by atoms with van der Waals surface area (Å²) in [7, 11) is 0. The summed E-state index contributed by atoms with van der Waals surface area (Å²) in [6, 6.07) is 10.9. The lowest BCUT2D eigenvalue weighted by molar-refractivity contribution is 0.107. The zero-order valence-electron chi connectivity index (χ0n) is 14.9. The lowest BCUT2D eigenvalue weighted by Crippen LogP contribution is -2.41. The number of fused-ring (bicyclic) bond motifs is 1. The maximum atomic E-state index is 13.4. The normalized spacial score (nSPS) is 25.6. The fourth-order valence-electron chi connectivity index (χ4n) is 4.41. The Bertz CT molecular complexity index is 892. The zero-order valence-corrected chi connectivity index (χ0v) is 14.9. The van der Waals surface area contributed by atoms with Gasteiger partial charge < -0.3 is 9.40 Å². The molecule has 3 aromatic rings. The van der Waals surface area contributed by atoms with E-state index in [1.165, 1.54) is 17.8 Å². The average Bonchev–Trinajstić information content (AvgIpc) is 3.44. The standard InChI is InChI=1S/C20H22FN5O/c21-14-5-3-13(4-6-14)18-16(10-24-25-18)20-19-17(22-12-23-19)7-8-26(20)11-15-2-1-9-27-15/h1-6,9,12,16,18,20,24-25H,7-8,10-11H2,(H,22,23). The average molecular weight is 367 g/mol. The first-order valence-electron chi connectivity index (χ1n) is 9.32. The van der Waals surface area contributed by atoms with E-state index < -0.39 is 0 Å². The highest BCUT2D eigenvalue weighted by molar-refractivity contribution is 5.27. The summed E-state index contributed by atoms with van der Waals surface area (Å²) in [5, 5.41) is 0. The van der Waals surface area contributed by atoms with Crippen LogP contribution in [0.25, 0.3) is 0 Å². The van der Waals surface area contributed by atoms with E-state index in [9.17, 15) is 4.39 Å². The molecule has 7 heteroatoms. The molecule has 4 heterocycles. The fraction of sp³-hybridized carbons (Fsp3) is 0.350. The molecule has 3 atom stereocenters. The van der Waals surface area contributed by atoms with Crippen molar-refractivity contribution >= 4 is 0 Å². The zero-order chi connectivity index (χ0) is 18.2. The monoisotopic (exact) mass is 367 g/mol. The van der Waals surface area contributed by atoms with Crippen LogP contribution in [0.3, 0.4) is 0 Å². The van der Waals surface area contributed by atoms with E-state index in [4.69, 9.17) is 4.42 Å². The second kappa shape index (κ2) is 6.92. The van der Waals surface area contributed by atoms with Gasteiger partial charge in [-0.15, -0.1) is 0 Å². The number of hydrogen-bond acceptors (Lipinski definition) is 5. The van der Waals surface area contributed by atoms with E-state index in [2.05, 4.69) is 25.7 Å². The van der Waals surface area contributed by atoms with Crippen molar-refractivity contribution in [3.8, 4) is 0 Å². The van der Waals surface area contributed by atoms with Crippen LogP contribution in [0.1, 0.15) is 34.8 Å². The van der Waals surface area contributed by atoms with E-state index in [0.717, 1.165) is 43.1 Å². The molecular formula is C20H22FN5O. The predicted octanol–water partition coefficient (Wildman–Crippen LogP) is 2.71. The van der Waals surface area contributed by atoms with Crippen LogP contribution in [-0.4, -0.2) is 28.0 Å². The van der Waals surface area contributed by atoms with Crippen molar-refractivity contribution in [2.45, 2.75) is 25.0 Å². The van der Waals surface area contributed by atoms with Crippen LogP contribution in [-0.2, 0) is 13.0 Å². The fourth-order valence-corrected chi connectivity index (χ4v) is 4.41. The van der Waals surface area contributed by atoms with Crippen LogP contribution in [0.2, 0.25) is 0 Å². The van der Waals surface area contributed by atoms with Crippen molar-refractivity contribution in [3.05, 3.63) is 77.5 Å². The number of hydrogen-bond donors (Lipinski definition) is 3. The first-order chi connectivity index (χ1) is 13.3. The second-order valence-electron chi connectivity index (χ2n) is 7.23. The van der Waals surface area contributed by atoms with Crippen molar-refractivity contribution in [1.29, 1.82) is 0 Å². The first kappa shape index (κ1) is 16.7. The Morgan fingerprint density at radius 3 is 2.93 bits per heavy atom. The summed E-state index contributed by atoms with van der Waals surface area (Å²) >= 11 is 0. The second-order valence-corrected chi connectivity index (χ2v) is 7.23. The smallest absolute Gasteiger partial charge is 0.123 e. The number of rotatable bonds is 4. The van der Waals surface area contributed by atoms with Crippen molar-refractivity contribution in [1.82, 2.24) is 25.7 Å². The number of nitrogens with zero attached hydrogens (tertiary/aromatic N) is 2. The van der Waals surface area contributed by atoms with E-state index in [-0.39, 0.29) is 23.8 Å². The third kappa shape index (κ3) is 3.07. The summed E-state index contributed by atoms with van der Waals surface area (Å²) in [4.78, 5) is 10.4. The van der Waals surface area contributed by atoms with Gasteiger partial charge in [-0.25, -0.2) is 14.8 Å². The number of benzene rings is 1. The molecule has 2 aliphatic heterocycles. The van der Waals surface area contributed by atoms with Gasteiger partial charge in [0.05, 0.1) is 36.9 Å². The summed E-state index contributed by atoms with van der Waals surface area (Å²) in [6.07, 6.45) is 4.45. The molecule has 1 fully saturated rings. The van der Waals surface area contributed by atoms with Crippen LogP contribution in [0.5, 0.6) is 0 Å². The Morgan fingerprint density at radius 2 is 2.11 bits per heavy atom. The predicted molar refractivity (Wildman–Crippen MR) is 97.9 cm³/mol. The Hall–Kier alpha value is -2.48. The van der Waals surface area contributed by atoms with Crippen LogP contribution < -0.4 is 10.9 Å². The van der Waals surface area contributed by atoms with Crippen molar-refractivity contribution in [2.24, 2.45) is 5.92 Å². The molecule has 0 radical (unpaired) electrons. The van der Waals surface area contributed by atoms with Gasteiger partial charge in [-0.1, -0.05) is 12.1 Å². The largest absolute Gasteiger partial charge is 0.468 e. The van der Waals surface area contributed by atoms with Crippen LogP contribution in [0.15, 0.2) is 53.4 Å². The Morgan fingerprint density at radius 1 is 1.22 bits per heavy atom. The first-order valence-corrected chi connectivity index (χ1v) is 9.32. The van der Waals surface area contributed by atoms with Crippen LogP contribution >= 0.6 is 0 Å². The molecule has 3 unspecified atom stereocenters. The van der Waals surface area contributed by atoms with Crippen LogP contribution in [0, 0.1) is 11.7 Å². The van der Waals surface area contributed by atoms with E-state index in [1.54, 1.807) is 12.6 Å². The lowest BCUT2D eigenvalue weighted by Gasteiger charge is -2.39. The number of halogens is 1. The minimum Gasteiger partial charge on any atom is -0.468 e. The summed E-state index contributed by atoms with van der Waals surface area (Å²) in [5.74, 6) is 0.997. The highest BCUT2D eigenvalue weighted by atomic mass is 19.1. The highest BCUT2D eigenvalue weighted by Gasteiger charge is 2.42. The van der Waals surface area contributed by atoms with E-state index >= 15 is 0 Å². The number of aromatic nitrogens is 2. The van der Waals surface area contributed by atoms with Gasteiger partial charge in [0.1, 0.15) is 11.6 Å². The molecule has 0 spiro atoms. The minimum absolute atomic E-state index is 0.0809.